The number of anilines is 3. The summed E-state index contributed by atoms with van der Waals surface area (Å²) in [6, 6.07) is 17.7. The van der Waals surface area contributed by atoms with Gasteiger partial charge in [0.15, 0.2) is 0 Å². The average Bonchev–Trinajstić information content (AvgIpc) is 3.66. The maximum atomic E-state index is 15.0. The van der Waals surface area contributed by atoms with Crippen LogP contribution in [0.1, 0.15) is 155 Å². The number of nitrogens with zero attached hydrogens (tertiary/aromatic N) is 5. The minimum atomic E-state index is -4.57. The van der Waals surface area contributed by atoms with E-state index < -0.39 is 27.4 Å². The zero-order chi connectivity index (χ0) is 52.1. The van der Waals surface area contributed by atoms with E-state index in [2.05, 4.69) is 74.5 Å². The number of halogens is 1. The monoisotopic (exact) mass is 1030 g/mol. The van der Waals surface area contributed by atoms with Crippen LogP contribution in [0, 0.1) is 28.4 Å². The maximum Gasteiger partial charge on any atom is 0.268 e. The SMILES string of the molecule is C=C1C=C(F)c2cc(Oc3cc(N4CCC5(CC4)CC(N4CCC(C6CCC(O)CC6)CC4c4ccccc4C(C)C)C5)ccc3C(=O)NS(=O)(=O)c3cnc(NCC4CCC(C)(O)CC4)c(N(C)[O-])c3)cnc21. The molecular weight excluding hydrogens is 958 g/mol. The predicted molar refractivity (Wildman–Crippen MR) is 288 cm³/mol. The first kappa shape index (κ1) is 52.1. The third-order valence-electron chi connectivity index (χ3n) is 17.7. The quantitative estimate of drug-likeness (QED) is 0.0876. The van der Waals surface area contributed by atoms with Gasteiger partial charge in [0.2, 0.25) is 0 Å². The Balaban J connectivity index is 0.844. The molecule has 14 nitrogen and oxygen atoms in total. The zero-order valence-electron chi connectivity index (χ0n) is 43.4. The van der Waals surface area contributed by atoms with Crippen LogP contribution in [-0.2, 0) is 10.0 Å². The van der Waals surface area contributed by atoms with E-state index in [4.69, 9.17) is 4.74 Å². The number of rotatable bonds is 14. The Hall–Kier alpha value is -5.39. The minimum absolute atomic E-state index is 0.0146. The summed E-state index contributed by atoms with van der Waals surface area (Å²) in [6.45, 7) is 13.5. The van der Waals surface area contributed by atoms with Gasteiger partial charge in [-0.1, -0.05) is 44.7 Å². The second kappa shape index (κ2) is 21.0. The number of nitrogens with one attached hydrogen (secondary N) is 2. The molecular formula is C58H73FN7O7S-. The highest BCUT2D eigenvalue weighted by atomic mass is 32.2. The van der Waals surface area contributed by atoms with Crippen molar-refractivity contribution >= 4 is 44.5 Å². The number of ether oxygens (including phenoxy) is 1. The summed E-state index contributed by atoms with van der Waals surface area (Å²) in [4.78, 5) is 27.6. The third-order valence-corrected chi connectivity index (χ3v) is 19.0. The number of piperidine rings is 2. The number of hydroxylamine groups is 1. The topological polar surface area (TPSA) is 184 Å². The minimum Gasteiger partial charge on any atom is -0.758 e. The Kier molecular flexibility index (Phi) is 14.8. The number of likely N-dealkylation sites (tertiary alicyclic amines) is 1. The molecule has 2 aromatic carbocycles. The summed E-state index contributed by atoms with van der Waals surface area (Å²) < 4.78 is 51.4. The van der Waals surface area contributed by atoms with Gasteiger partial charge in [0.25, 0.3) is 15.9 Å². The highest BCUT2D eigenvalue weighted by Crippen LogP contribution is 2.55. The number of carbonyl (C=O) groups excluding carboxylic acids is 1. The van der Waals surface area contributed by atoms with Crippen LogP contribution in [-0.4, -0.2) is 90.4 Å². The molecule has 4 aliphatic carbocycles. The van der Waals surface area contributed by atoms with Crippen molar-refractivity contribution in [3.8, 4) is 11.5 Å². The largest absolute Gasteiger partial charge is 0.758 e. The Morgan fingerprint density at radius 1 is 0.959 bits per heavy atom. The third kappa shape index (κ3) is 11.0. The van der Waals surface area contributed by atoms with E-state index in [0.29, 0.717) is 65.6 Å². The van der Waals surface area contributed by atoms with Gasteiger partial charge in [0.05, 0.1) is 34.8 Å². The van der Waals surface area contributed by atoms with Crippen molar-refractivity contribution in [2.75, 3.05) is 48.5 Å². The first-order valence-corrected chi connectivity index (χ1v) is 28.4. The number of carbonyl (C=O) groups is 1. The normalized spacial score (nSPS) is 26.3. The Morgan fingerprint density at radius 3 is 2.41 bits per heavy atom. The molecule has 10 rings (SSSR count). The summed E-state index contributed by atoms with van der Waals surface area (Å²) in [5, 5.41) is 37.1. The zero-order valence-corrected chi connectivity index (χ0v) is 44.2. The molecule has 2 aliphatic heterocycles. The van der Waals surface area contributed by atoms with Gasteiger partial charge in [-0.05, 0) is 187 Å². The van der Waals surface area contributed by atoms with E-state index in [0.717, 1.165) is 95.7 Å². The molecule has 4 aromatic rings. The standard InChI is InChI=1S/C58H73FN7O7S/c1-36(2)46-8-6-7-9-47(46)51-27-40(39-10-13-43(67)14-11-39)18-23-66(51)42-31-58(32-42)21-24-65(25-22-58)41-12-15-48(53(28-41)73-44-29-49-50(59)26-37(3)54(49)60-34-44)56(68)63-74(71,72)45-30-52(64(5)70)55(62-35-45)61-33-38-16-19-57(4,69)20-17-38/h6-9,12,15,26,28-30,34-36,38-40,42-43,51,67,69H,3,10-11,13-14,16-25,27,31-33H2,1-2,4-5H3,(H,61,62)(H,63,68)/q-1. The summed E-state index contributed by atoms with van der Waals surface area (Å²) >= 11 is 0. The molecule has 16 heteroatoms. The van der Waals surface area contributed by atoms with Crippen molar-refractivity contribution < 1.29 is 32.6 Å². The van der Waals surface area contributed by atoms with Gasteiger partial charge in [-0.3, -0.25) is 14.7 Å². The van der Waals surface area contributed by atoms with Gasteiger partial charge in [-0.2, -0.15) is 0 Å². The summed E-state index contributed by atoms with van der Waals surface area (Å²) in [6.07, 6.45) is 17.4. The Morgan fingerprint density at radius 2 is 1.69 bits per heavy atom. The second-order valence-electron chi connectivity index (χ2n) is 23.1. The molecule has 0 bridgehead atoms. The molecule has 1 spiro atoms. The summed E-state index contributed by atoms with van der Waals surface area (Å²) in [5.41, 5.74) is 4.20. The Bertz CT molecular complexity index is 2880. The van der Waals surface area contributed by atoms with E-state index in [-0.39, 0.29) is 56.5 Å². The van der Waals surface area contributed by atoms with Gasteiger partial charge >= 0.3 is 0 Å². The van der Waals surface area contributed by atoms with Gasteiger partial charge < -0.3 is 35.4 Å². The number of sulfonamides is 1. The number of aromatic nitrogens is 2. The van der Waals surface area contributed by atoms with Crippen molar-refractivity contribution in [3.05, 3.63) is 113 Å². The highest BCUT2D eigenvalue weighted by molar-refractivity contribution is 7.90. The number of pyridine rings is 2. The molecule has 5 fully saturated rings. The lowest BCUT2D eigenvalue weighted by atomic mass is 9.59. The molecule has 2 aromatic heterocycles. The van der Waals surface area contributed by atoms with Crippen molar-refractivity contribution in [2.45, 2.75) is 145 Å². The molecule has 3 saturated carbocycles. The molecule has 6 aliphatic rings. The van der Waals surface area contributed by atoms with Gasteiger partial charge in [-0.15, -0.1) is 0 Å². The second-order valence-corrected chi connectivity index (χ2v) is 24.8. The van der Waals surface area contributed by atoms with E-state index in [1.54, 1.807) is 18.2 Å². The molecule has 2 unspecified atom stereocenters. The number of hydrogen-bond donors (Lipinski definition) is 4. The molecule has 396 valence electrons. The fourth-order valence-corrected chi connectivity index (χ4v) is 14.1. The summed E-state index contributed by atoms with van der Waals surface area (Å²) in [5.74, 6) is 0.973. The fourth-order valence-electron chi connectivity index (χ4n) is 13.2. The van der Waals surface area contributed by atoms with E-state index in [1.807, 2.05) is 6.92 Å². The number of benzene rings is 2. The lowest BCUT2D eigenvalue weighted by molar-refractivity contribution is -0.0625. The average molecular weight is 1030 g/mol. The van der Waals surface area contributed by atoms with Crippen LogP contribution >= 0.6 is 0 Å². The number of hydrogen-bond acceptors (Lipinski definition) is 13. The molecule has 2 atom stereocenters. The van der Waals surface area contributed by atoms with Crippen LogP contribution in [0.15, 0.2) is 84.5 Å². The van der Waals surface area contributed by atoms with Crippen LogP contribution < -0.4 is 24.7 Å². The lowest BCUT2D eigenvalue weighted by Gasteiger charge is -2.58. The number of aliphatic hydroxyl groups excluding tert-OH is 1. The fraction of sp³-hybridized carbons (Fsp3) is 0.534. The number of aliphatic hydroxyl groups is 2. The first-order valence-electron chi connectivity index (χ1n) is 26.9. The van der Waals surface area contributed by atoms with Crippen molar-refractivity contribution in [2.24, 2.45) is 23.2 Å². The molecule has 74 heavy (non-hydrogen) atoms. The number of fused-ring (bicyclic) bond motifs is 1. The van der Waals surface area contributed by atoms with Crippen molar-refractivity contribution in [3.63, 3.8) is 0 Å². The predicted octanol–water partition coefficient (Wildman–Crippen LogP) is 10.9. The van der Waals surface area contributed by atoms with Gasteiger partial charge in [0.1, 0.15) is 28.0 Å². The molecule has 4 heterocycles. The first-order chi connectivity index (χ1) is 35.3. The highest BCUT2D eigenvalue weighted by Gasteiger charge is 2.51. The lowest BCUT2D eigenvalue weighted by Crippen LogP contribution is -2.57. The van der Waals surface area contributed by atoms with Gasteiger partial charge in [-0.25, -0.2) is 22.5 Å². The van der Waals surface area contributed by atoms with Gasteiger partial charge in [0, 0.05) is 55.2 Å². The van der Waals surface area contributed by atoms with Crippen LogP contribution in [0.2, 0.25) is 0 Å². The molecule has 1 amide bonds. The summed E-state index contributed by atoms with van der Waals surface area (Å²) in [7, 11) is -3.32. The van der Waals surface area contributed by atoms with Crippen LogP contribution in [0.3, 0.4) is 0 Å². The maximum absolute atomic E-state index is 15.0. The number of amides is 1. The van der Waals surface area contributed by atoms with Crippen molar-refractivity contribution in [1.29, 1.82) is 0 Å². The van der Waals surface area contributed by atoms with Crippen LogP contribution in [0.5, 0.6) is 11.5 Å². The molecule has 4 N–H and O–H groups in total. The smallest absolute Gasteiger partial charge is 0.268 e. The number of allylic oxidation sites excluding steroid dienone is 2. The molecule has 0 radical (unpaired) electrons. The van der Waals surface area contributed by atoms with Crippen LogP contribution in [0.25, 0.3) is 11.4 Å². The van der Waals surface area contributed by atoms with E-state index >= 15 is 0 Å². The molecule has 2 saturated heterocycles. The Labute approximate surface area is 436 Å². The van der Waals surface area contributed by atoms with Crippen molar-refractivity contribution in [1.82, 2.24) is 19.6 Å². The van der Waals surface area contributed by atoms with E-state index in [9.17, 15) is 33.0 Å². The van der Waals surface area contributed by atoms with E-state index in [1.165, 1.54) is 55.4 Å². The van der Waals surface area contributed by atoms with Crippen LogP contribution in [0.4, 0.5) is 21.6 Å².